The fourth-order valence-electron chi connectivity index (χ4n) is 4.24. The van der Waals surface area contributed by atoms with Gasteiger partial charge in [0.05, 0.1) is 29.4 Å². The van der Waals surface area contributed by atoms with E-state index in [9.17, 15) is 9.59 Å². The summed E-state index contributed by atoms with van der Waals surface area (Å²) >= 11 is 17.5. The van der Waals surface area contributed by atoms with Crippen LogP contribution in [0.15, 0.2) is 78.5 Å². The zero-order chi connectivity index (χ0) is 26.8. The molecule has 2 heterocycles. The number of hydrogen-bond acceptors (Lipinski definition) is 5. The monoisotopic (exact) mass is 565 g/mol. The van der Waals surface area contributed by atoms with Crippen molar-refractivity contribution >= 4 is 75.0 Å². The first kappa shape index (κ1) is 25.8. The molecular formula is C28H21Cl2N3O4S. The SMILES string of the molecule is COc1ccccc1OCCn1cc(C=C2C(=O)NC(=S)N(c3ccc(Cl)c(Cl)c3)C2=O)c2ccccc21. The summed E-state index contributed by atoms with van der Waals surface area (Å²) in [7, 11) is 1.60. The highest BCUT2D eigenvalue weighted by Gasteiger charge is 2.35. The van der Waals surface area contributed by atoms with Crippen LogP contribution in [0.4, 0.5) is 5.69 Å². The van der Waals surface area contributed by atoms with Crippen LogP contribution in [0.1, 0.15) is 5.56 Å². The smallest absolute Gasteiger partial charge is 0.270 e. The van der Waals surface area contributed by atoms with Crippen molar-refractivity contribution in [1.29, 1.82) is 0 Å². The molecule has 1 aromatic heterocycles. The van der Waals surface area contributed by atoms with Gasteiger partial charge in [-0.25, -0.2) is 0 Å². The number of carbonyl (C=O) groups excluding carboxylic acids is 2. The Morgan fingerprint density at radius 1 is 0.974 bits per heavy atom. The highest BCUT2D eigenvalue weighted by atomic mass is 35.5. The number of methoxy groups -OCH3 is 1. The van der Waals surface area contributed by atoms with Crippen molar-refractivity contribution in [2.75, 3.05) is 18.6 Å². The molecular weight excluding hydrogens is 545 g/mol. The minimum Gasteiger partial charge on any atom is -0.493 e. The molecule has 0 unspecified atom stereocenters. The van der Waals surface area contributed by atoms with Gasteiger partial charge in [-0.2, -0.15) is 0 Å². The first-order chi connectivity index (χ1) is 18.4. The van der Waals surface area contributed by atoms with Crippen LogP contribution in [0.2, 0.25) is 10.0 Å². The Morgan fingerprint density at radius 3 is 2.47 bits per heavy atom. The summed E-state index contributed by atoms with van der Waals surface area (Å²) in [5, 5.41) is 4.05. The summed E-state index contributed by atoms with van der Waals surface area (Å²) in [4.78, 5) is 27.6. The van der Waals surface area contributed by atoms with E-state index in [2.05, 4.69) is 5.32 Å². The number of fused-ring (bicyclic) bond motifs is 1. The molecule has 1 fully saturated rings. The van der Waals surface area contributed by atoms with Gasteiger partial charge in [-0.15, -0.1) is 0 Å². The molecule has 0 saturated carbocycles. The molecule has 10 heteroatoms. The first-order valence-corrected chi connectivity index (χ1v) is 12.7. The van der Waals surface area contributed by atoms with Gasteiger partial charge >= 0.3 is 0 Å². The van der Waals surface area contributed by atoms with Crippen molar-refractivity contribution < 1.29 is 19.1 Å². The standard InChI is InChI=1S/C28H21Cl2N3O4S/c1-36-24-8-4-5-9-25(24)37-13-12-32-16-17(19-6-2-3-7-23(19)32)14-20-26(34)31-28(38)33(27(20)35)18-10-11-21(29)22(30)15-18/h2-11,14-16H,12-13H2,1H3,(H,31,34,38). The van der Waals surface area contributed by atoms with E-state index in [1.54, 1.807) is 25.3 Å². The van der Waals surface area contributed by atoms with Crippen LogP contribution in [0.5, 0.6) is 11.5 Å². The predicted octanol–water partition coefficient (Wildman–Crippen LogP) is 5.87. The Morgan fingerprint density at radius 2 is 1.71 bits per heavy atom. The van der Waals surface area contributed by atoms with Gasteiger partial charge in [0.1, 0.15) is 12.2 Å². The molecule has 1 N–H and O–H groups in total. The second-order valence-corrected chi connectivity index (χ2v) is 9.55. The zero-order valence-corrected chi connectivity index (χ0v) is 22.4. The Labute approximate surface area is 234 Å². The van der Waals surface area contributed by atoms with Crippen molar-refractivity contribution in [3.8, 4) is 11.5 Å². The number of benzene rings is 3. The number of nitrogens with one attached hydrogen (secondary N) is 1. The molecule has 1 aliphatic rings. The average Bonchev–Trinajstić information content (AvgIpc) is 3.26. The van der Waals surface area contributed by atoms with E-state index in [1.165, 1.54) is 11.0 Å². The molecule has 192 valence electrons. The third kappa shape index (κ3) is 4.98. The van der Waals surface area contributed by atoms with Gasteiger partial charge in [0, 0.05) is 22.7 Å². The molecule has 7 nitrogen and oxygen atoms in total. The van der Waals surface area contributed by atoms with Crippen molar-refractivity contribution in [2.24, 2.45) is 0 Å². The number of rotatable bonds is 7. The van der Waals surface area contributed by atoms with Crippen LogP contribution in [-0.2, 0) is 16.1 Å². The van der Waals surface area contributed by atoms with Gasteiger partial charge in [0.2, 0.25) is 0 Å². The van der Waals surface area contributed by atoms with Crippen LogP contribution in [-0.4, -0.2) is 35.2 Å². The van der Waals surface area contributed by atoms with Gasteiger partial charge < -0.3 is 14.0 Å². The molecule has 0 spiro atoms. The Hall–Kier alpha value is -3.85. The number of halogens is 2. The summed E-state index contributed by atoms with van der Waals surface area (Å²) < 4.78 is 13.3. The summed E-state index contributed by atoms with van der Waals surface area (Å²) in [5.41, 5.74) is 1.98. The lowest BCUT2D eigenvalue weighted by molar-refractivity contribution is -0.122. The molecule has 5 rings (SSSR count). The molecule has 0 atom stereocenters. The van der Waals surface area contributed by atoms with E-state index in [-0.39, 0.29) is 15.7 Å². The maximum Gasteiger partial charge on any atom is 0.270 e. The second-order valence-electron chi connectivity index (χ2n) is 8.35. The van der Waals surface area contributed by atoms with Gasteiger partial charge in [0.25, 0.3) is 11.8 Å². The zero-order valence-electron chi connectivity index (χ0n) is 20.1. The highest BCUT2D eigenvalue weighted by Crippen LogP contribution is 2.31. The van der Waals surface area contributed by atoms with Gasteiger partial charge in [-0.1, -0.05) is 53.5 Å². The fraction of sp³-hybridized carbons (Fsp3) is 0.107. The predicted molar refractivity (Wildman–Crippen MR) is 153 cm³/mol. The van der Waals surface area contributed by atoms with Crippen molar-refractivity contribution in [1.82, 2.24) is 9.88 Å². The van der Waals surface area contributed by atoms with Crippen molar-refractivity contribution in [3.63, 3.8) is 0 Å². The lowest BCUT2D eigenvalue weighted by Crippen LogP contribution is -2.54. The third-order valence-corrected chi connectivity index (χ3v) is 7.06. The average molecular weight is 566 g/mol. The summed E-state index contributed by atoms with van der Waals surface area (Å²) in [5.74, 6) is 0.166. The van der Waals surface area contributed by atoms with Gasteiger partial charge in [-0.05, 0) is 54.7 Å². The highest BCUT2D eigenvalue weighted by molar-refractivity contribution is 7.80. The van der Waals surface area contributed by atoms with Crippen LogP contribution in [0.3, 0.4) is 0 Å². The molecule has 0 bridgehead atoms. The van der Waals surface area contributed by atoms with E-state index in [0.717, 1.165) is 10.9 Å². The summed E-state index contributed by atoms with van der Waals surface area (Å²) in [6.45, 7) is 0.912. The molecule has 1 saturated heterocycles. The molecule has 38 heavy (non-hydrogen) atoms. The number of anilines is 1. The number of carbonyl (C=O) groups is 2. The summed E-state index contributed by atoms with van der Waals surface area (Å²) in [6, 6.07) is 19.9. The number of ether oxygens (including phenoxy) is 2. The Kier molecular flexibility index (Phi) is 7.37. The number of thiocarbonyl (C=S) groups is 1. The molecule has 0 aliphatic carbocycles. The maximum atomic E-state index is 13.5. The topological polar surface area (TPSA) is 72.8 Å². The Bertz CT molecular complexity index is 1610. The quantitative estimate of drug-likeness (QED) is 0.172. The van der Waals surface area contributed by atoms with Crippen molar-refractivity contribution in [3.05, 3.63) is 94.1 Å². The van der Waals surface area contributed by atoms with Crippen LogP contribution < -0.4 is 19.7 Å². The fourth-order valence-corrected chi connectivity index (χ4v) is 4.81. The number of para-hydroxylation sites is 3. The van der Waals surface area contributed by atoms with E-state index < -0.39 is 11.8 Å². The van der Waals surface area contributed by atoms with Crippen LogP contribution in [0.25, 0.3) is 17.0 Å². The molecule has 2 amide bonds. The van der Waals surface area contributed by atoms with Crippen LogP contribution >= 0.6 is 35.4 Å². The van der Waals surface area contributed by atoms with E-state index in [0.29, 0.717) is 40.9 Å². The van der Waals surface area contributed by atoms with Gasteiger partial charge in [0.15, 0.2) is 16.6 Å². The number of hydrogen-bond donors (Lipinski definition) is 1. The van der Waals surface area contributed by atoms with Crippen molar-refractivity contribution in [2.45, 2.75) is 6.54 Å². The minimum atomic E-state index is -0.576. The number of nitrogens with zero attached hydrogens (tertiary/aromatic N) is 2. The lowest BCUT2D eigenvalue weighted by Gasteiger charge is -2.29. The Balaban J connectivity index is 1.45. The molecule has 1 aliphatic heterocycles. The number of amides is 2. The summed E-state index contributed by atoms with van der Waals surface area (Å²) in [6.07, 6.45) is 3.46. The van der Waals surface area contributed by atoms with E-state index in [4.69, 9.17) is 44.9 Å². The largest absolute Gasteiger partial charge is 0.493 e. The van der Waals surface area contributed by atoms with E-state index in [1.807, 2.05) is 59.3 Å². The van der Waals surface area contributed by atoms with Crippen LogP contribution in [0, 0.1) is 0 Å². The normalized spacial score (nSPS) is 14.8. The third-order valence-electron chi connectivity index (χ3n) is 6.04. The maximum absolute atomic E-state index is 13.5. The molecule has 4 aromatic rings. The number of aromatic nitrogens is 1. The minimum absolute atomic E-state index is 0.0357. The second kappa shape index (κ2) is 10.9. The first-order valence-electron chi connectivity index (χ1n) is 11.6. The van der Waals surface area contributed by atoms with Gasteiger partial charge in [-0.3, -0.25) is 19.8 Å². The lowest BCUT2D eigenvalue weighted by atomic mass is 10.1. The molecule has 3 aromatic carbocycles. The van der Waals surface area contributed by atoms with E-state index >= 15 is 0 Å². The molecule has 0 radical (unpaired) electrons.